The summed E-state index contributed by atoms with van der Waals surface area (Å²) in [6.45, 7) is 0. The second kappa shape index (κ2) is 5.90. The Morgan fingerprint density at radius 1 is 0.864 bits per heavy atom. The van der Waals surface area contributed by atoms with Crippen LogP contribution in [0.4, 0.5) is 5.69 Å². The summed E-state index contributed by atoms with van der Waals surface area (Å²) in [5.41, 5.74) is 3.58. The van der Waals surface area contributed by atoms with Gasteiger partial charge < -0.3 is 9.32 Å². The second-order valence-corrected chi connectivity index (χ2v) is 5.37. The Morgan fingerprint density at radius 2 is 1.50 bits per heavy atom. The summed E-state index contributed by atoms with van der Waals surface area (Å²) in [5.74, 6) is 0. The zero-order valence-corrected chi connectivity index (χ0v) is 12.6. The molecule has 3 heteroatoms. The maximum absolute atomic E-state index is 11.3. The van der Waals surface area contributed by atoms with E-state index in [1.54, 1.807) is 6.07 Å². The molecule has 110 valence electrons. The molecule has 22 heavy (non-hydrogen) atoms. The van der Waals surface area contributed by atoms with Crippen LogP contribution in [0.1, 0.15) is 11.1 Å². The minimum atomic E-state index is -0.326. The molecule has 3 rings (SSSR count). The summed E-state index contributed by atoms with van der Waals surface area (Å²) in [6, 6.07) is 17.4. The summed E-state index contributed by atoms with van der Waals surface area (Å²) >= 11 is 0. The predicted octanol–water partition coefficient (Wildman–Crippen LogP) is 4.03. The van der Waals surface area contributed by atoms with Gasteiger partial charge in [-0.05, 0) is 35.4 Å². The molecule has 2 aromatic carbocycles. The van der Waals surface area contributed by atoms with Crippen LogP contribution in [0.2, 0.25) is 0 Å². The summed E-state index contributed by atoms with van der Waals surface area (Å²) in [5, 5.41) is 0.923. The number of nitrogens with zero attached hydrogens (tertiary/aromatic N) is 1. The van der Waals surface area contributed by atoms with Crippen molar-refractivity contribution in [3.05, 3.63) is 76.1 Å². The third kappa shape index (κ3) is 3.09. The monoisotopic (exact) mass is 291 g/mol. The van der Waals surface area contributed by atoms with Gasteiger partial charge in [-0.2, -0.15) is 0 Å². The van der Waals surface area contributed by atoms with Crippen LogP contribution in [0.25, 0.3) is 23.1 Å². The van der Waals surface area contributed by atoms with E-state index < -0.39 is 0 Å². The van der Waals surface area contributed by atoms with Gasteiger partial charge in [-0.1, -0.05) is 36.4 Å². The highest BCUT2D eigenvalue weighted by Crippen LogP contribution is 2.17. The smallest absolute Gasteiger partial charge is 0.336 e. The molecule has 0 N–H and O–H groups in total. The molecule has 0 amide bonds. The van der Waals surface area contributed by atoms with E-state index in [1.165, 1.54) is 11.8 Å². The fourth-order valence-electron chi connectivity index (χ4n) is 2.26. The molecule has 0 spiro atoms. The molecule has 0 fully saturated rings. The van der Waals surface area contributed by atoms with Gasteiger partial charge in [-0.3, -0.25) is 0 Å². The van der Waals surface area contributed by atoms with Crippen LogP contribution < -0.4 is 10.5 Å². The first kappa shape index (κ1) is 14.1. The van der Waals surface area contributed by atoms with Crippen LogP contribution in [-0.4, -0.2) is 14.1 Å². The average molecular weight is 291 g/mol. The van der Waals surface area contributed by atoms with Crippen LogP contribution in [0.3, 0.4) is 0 Å². The Kier molecular flexibility index (Phi) is 3.79. The molecule has 0 atom stereocenters. The molecule has 0 saturated carbocycles. The molecule has 0 aliphatic rings. The number of rotatable bonds is 3. The van der Waals surface area contributed by atoms with E-state index in [-0.39, 0.29) is 5.63 Å². The van der Waals surface area contributed by atoms with Gasteiger partial charge in [0.1, 0.15) is 5.58 Å². The SMILES string of the molecule is CN(C)c1ccc(/C=C/c2ccc3ccc(=O)oc3c2)cc1. The van der Waals surface area contributed by atoms with Gasteiger partial charge in [0.15, 0.2) is 0 Å². The summed E-state index contributed by atoms with van der Waals surface area (Å²) < 4.78 is 5.20. The lowest BCUT2D eigenvalue weighted by Gasteiger charge is -2.11. The Morgan fingerprint density at radius 3 is 2.23 bits per heavy atom. The molecule has 0 aliphatic carbocycles. The van der Waals surface area contributed by atoms with E-state index in [9.17, 15) is 4.79 Å². The Hall–Kier alpha value is -2.81. The number of hydrogen-bond acceptors (Lipinski definition) is 3. The van der Waals surface area contributed by atoms with Crippen LogP contribution in [0, 0.1) is 0 Å². The largest absolute Gasteiger partial charge is 0.423 e. The van der Waals surface area contributed by atoms with Crippen molar-refractivity contribution in [3.63, 3.8) is 0 Å². The third-order valence-electron chi connectivity index (χ3n) is 3.52. The second-order valence-electron chi connectivity index (χ2n) is 5.37. The number of benzene rings is 2. The minimum absolute atomic E-state index is 0.326. The molecule has 0 radical (unpaired) electrons. The number of fused-ring (bicyclic) bond motifs is 1. The van der Waals surface area contributed by atoms with Crippen molar-refractivity contribution >= 4 is 28.8 Å². The lowest BCUT2D eigenvalue weighted by atomic mass is 10.1. The van der Waals surface area contributed by atoms with Crippen molar-refractivity contribution in [1.29, 1.82) is 0 Å². The number of anilines is 1. The molecule has 0 bridgehead atoms. The Balaban J connectivity index is 1.87. The van der Waals surface area contributed by atoms with E-state index in [2.05, 4.69) is 29.2 Å². The maximum Gasteiger partial charge on any atom is 0.336 e. The normalized spacial score (nSPS) is 11.2. The number of hydrogen-bond donors (Lipinski definition) is 0. The van der Waals surface area contributed by atoms with Gasteiger partial charge >= 0.3 is 5.63 Å². The van der Waals surface area contributed by atoms with Gasteiger partial charge in [0.2, 0.25) is 0 Å². The van der Waals surface area contributed by atoms with Crippen molar-refractivity contribution < 1.29 is 4.42 Å². The maximum atomic E-state index is 11.3. The molecule has 3 aromatic rings. The van der Waals surface area contributed by atoms with E-state index in [0.29, 0.717) is 5.58 Å². The molecule has 0 saturated heterocycles. The average Bonchev–Trinajstić information content (AvgIpc) is 2.53. The summed E-state index contributed by atoms with van der Waals surface area (Å²) in [4.78, 5) is 13.3. The van der Waals surface area contributed by atoms with Crippen molar-refractivity contribution in [2.24, 2.45) is 0 Å². The van der Waals surface area contributed by atoms with E-state index in [4.69, 9.17) is 4.42 Å². The first-order valence-corrected chi connectivity index (χ1v) is 7.11. The first-order chi connectivity index (χ1) is 10.6. The molecule has 1 aromatic heterocycles. The van der Waals surface area contributed by atoms with Crippen molar-refractivity contribution in [2.45, 2.75) is 0 Å². The topological polar surface area (TPSA) is 33.5 Å². The standard InChI is InChI=1S/C19H17NO2/c1-20(2)17-10-6-14(7-11-17)3-4-15-5-8-16-9-12-19(21)22-18(16)13-15/h3-13H,1-2H3/b4-3+. The minimum Gasteiger partial charge on any atom is -0.423 e. The molecular formula is C19H17NO2. The van der Waals surface area contributed by atoms with Gasteiger partial charge in [0.25, 0.3) is 0 Å². The molecular weight excluding hydrogens is 274 g/mol. The highest BCUT2D eigenvalue weighted by Gasteiger charge is 1.98. The first-order valence-electron chi connectivity index (χ1n) is 7.11. The highest BCUT2D eigenvalue weighted by atomic mass is 16.4. The summed E-state index contributed by atoms with van der Waals surface area (Å²) in [7, 11) is 4.04. The van der Waals surface area contributed by atoms with E-state index in [0.717, 1.165) is 16.5 Å². The van der Waals surface area contributed by atoms with Crippen molar-refractivity contribution in [3.8, 4) is 0 Å². The Labute approximate surface area is 129 Å². The lowest BCUT2D eigenvalue weighted by molar-refractivity contribution is 0.561. The lowest BCUT2D eigenvalue weighted by Crippen LogP contribution is -2.07. The predicted molar refractivity (Wildman–Crippen MR) is 92.2 cm³/mol. The quantitative estimate of drug-likeness (QED) is 0.539. The third-order valence-corrected chi connectivity index (χ3v) is 3.52. The van der Waals surface area contributed by atoms with Crippen molar-refractivity contribution in [1.82, 2.24) is 0 Å². The summed E-state index contributed by atoms with van der Waals surface area (Å²) in [6.07, 6.45) is 4.05. The molecule has 3 nitrogen and oxygen atoms in total. The zero-order chi connectivity index (χ0) is 15.5. The van der Waals surface area contributed by atoms with Crippen LogP contribution >= 0.6 is 0 Å². The van der Waals surface area contributed by atoms with Crippen LogP contribution in [0.15, 0.2) is 63.8 Å². The van der Waals surface area contributed by atoms with Gasteiger partial charge in [-0.25, -0.2) is 4.79 Å². The van der Waals surface area contributed by atoms with Crippen molar-refractivity contribution in [2.75, 3.05) is 19.0 Å². The van der Waals surface area contributed by atoms with Crippen LogP contribution in [0.5, 0.6) is 0 Å². The molecule has 1 heterocycles. The highest BCUT2D eigenvalue weighted by molar-refractivity contribution is 5.81. The Bertz CT molecular complexity index is 874. The van der Waals surface area contributed by atoms with Gasteiger partial charge in [0, 0.05) is 31.2 Å². The van der Waals surface area contributed by atoms with Gasteiger partial charge in [0.05, 0.1) is 0 Å². The van der Waals surface area contributed by atoms with Crippen LogP contribution in [-0.2, 0) is 0 Å². The fourth-order valence-corrected chi connectivity index (χ4v) is 2.26. The molecule has 0 unspecified atom stereocenters. The molecule has 0 aliphatic heterocycles. The van der Waals surface area contributed by atoms with E-state index in [1.807, 2.05) is 44.4 Å². The zero-order valence-electron chi connectivity index (χ0n) is 12.6. The van der Waals surface area contributed by atoms with Gasteiger partial charge in [-0.15, -0.1) is 0 Å². The fraction of sp³-hybridized carbons (Fsp3) is 0.105. The van der Waals surface area contributed by atoms with E-state index >= 15 is 0 Å².